The van der Waals surface area contributed by atoms with E-state index in [9.17, 15) is 24.6 Å². The number of carboxylic acids is 1. The Balaban J connectivity index is 2.24. The van der Waals surface area contributed by atoms with Crippen molar-refractivity contribution < 1.29 is 24.5 Å². The molecule has 0 radical (unpaired) electrons. The van der Waals surface area contributed by atoms with Gasteiger partial charge in [0.25, 0.3) is 5.56 Å². The average molecular weight is 403 g/mol. The van der Waals surface area contributed by atoms with Gasteiger partial charge in [-0.05, 0) is 17.0 Å². The molecule has 2 atom stereocenters. The number of aryl methyl sites for hydroxylation is 1. The Morgan fingerprint density at radius 2 is 1.86 bits per heavy atom. The number of carbonyl (C=O) groups excluding carboxylic acids is 1. The van der Waals surface area contributed by atoms with Crippen molar-refractivity contribution in [3.63, 3.8) is 0 Å². The summed E-state index contributed by atoms with van der Waals surface area (Å²) in [6.07, 6.45) is 0.188. The van der Waals surface area contributed by atoms with Gasteiger partial charge in [0, 0.05) is 13.5 Å². The van der Waals surface area contributed by atoms with Crippen LogP contribution in [0.3, 0.4) is 0 Å². The molecule has 1 aromatic carbocycles. The maximum Gasteiger partial charge on any atom is 0.326 e. The molecule has 29 heavy (non-hydrogen) atoms. The van der Waals surface area contributed by atoms with E-state index in [-0.39, 0.29) is 17.9 Å². The van der Waals surface area contributed by atoms with E-state index in [2.05, 4.69) is 10.4 Å². The molecule has 0 saturated carbocycles. The Hall–Kier alpha value is -3.20. The summed E-state index contributed by atoms with van der Waals surface area (Å²) >= 11 is 0. The van der Waals surface area contributed by atoms with E-state index in [1.165, 1.54) is 25.0 Å². The second-order valence-electron chi connectivity index (χ2n) is 7.01. The third kappa shape index (κ3) is 5.20. The number of amides is 1. The van der Waals surface area contributed by atoms with Gasteiger partial charge in [-0.2, -0.15) is 5.10 Å². The maximum absolute atomic E-state index is 12.4. The fourth-order valence-corrected chi connectivity index (χ4v) is 2.75. The summed E-state index contributed by atoms with van der Waals surface area (Å²) in [6, 6.07) is 5.52. The van der Waals surface area contributed by atoms with Gasteiger partial charge >= 0.3 is 5.97 Å². The van der Waals surface area contributed by atoms with E-state index >= 15 is 0 Å². The molecular formula is C20H25N3O6. The Morgan fingerprint density at radius 1 is 1.24 bits per heavy atom. The zero-order valence-electron chi connectivity index (χ0n) is 16.7. The Kier molecular flexibility index (Phi) is 7.11. The third-order valence-corrected chi connectivity index (χ3v) is 4.52. The van der Waals surface area contributed by atoms with Crippen LogP contribution in [-0.2, 0) is 23.1 Å². The lowest BCUT2D eigenvalue weighted by atomic mass is 10.0. The molecule has 9 heteroatoms. The van der Waals surface area contributed by atoms with E-state index in [0.29, 0.717) is 22.4 Å². The van der Waals surface area contributed by atoms with Crippen molar-refractivity contribution >= 4 is 11.9 Å². The molecule has 2 rings (SSSR count). The standard InChI is InChI=1S/C20H25N3O6/c1-11(2)17(24)18(25)22-14(20(27)28)9-12-5-7-13(8-6-12)16-15(29-4)10-21-23(3)19(16)26/h5-8,10-11,14,17,24H,9H2,1-4H3,(H,22,25)(H,27,28)/t14-,17?/m0/s1. The molecule has 0 saturated heterocycles. The molecule has 0 aliphatic heterocycles. The molecular weight excluding hydrogens is 378 g/mol. The number of methoxy groups -OCH3 is 1. The van der Waals surface area contributed by atoms with Gasteiger partial charge in [0.15, 0.2) is 5.75 Å². The van der Waals surface area contributed by atoms with E-state index in [1.54, 1.807) is 38.1 Å². The number of ether oxygens (including phenoxy) is 1. The maximum atomic E-state index is 12.4. The number of carboxylic acid groups (broad SMARTS) is 1. The number of nitrogens with one attached hydrogen (secondary N) is 1. The van der Waals surface area contributed by atoms with Crippen LogP contribution >= 0.6 is 0 Å². The van der Waals surface area contributed by atoms with Crippen LogP contribution in [0.1, 0.15) is 19.4 Å². The second-order valence-corrected chi connectivity index (χ2v) is 7.01. The molecule has 156 valence electrons. The summed E-state index contributed by atoms with van der Waals surface area (Å²) in [5, 5.41) is 25.5. The number of hydrogen-bond acceptors (Lipinski definition) is 6. The molecule has 0 fully saturated rings. The van der Waals surface area contributed by atoms with E-state index in [0.717, 1.165) is 0 Å². The molecule has 1 heterocycles. The minimum Gasteiger partial charge on any atom is -0.494 e. The van der Waals surface area contributed by atoms with Crippen molar-refractivity contribution in [2.75, 3.05) is 7.11 Å². The number of aliphatic hydroxyl groups excluding tert-OH is 1. The first-order valence-corrected chi connectivity index (χ1v) is 9.06. The Morgan fingerprint density at radius 3 is 2.38 bits per heavy atom. The Bertz CT molecular complexity index is 936. The van der Waals surface area contributed by atoms with Crippen LogP contribution < -0.4 is 15.6 Å². The van der Waals surface area contributed by atoms with Crippen LogP contribution in [0.2, 0.25) is 0 Å². The molecule has 1 amide bonds. The number of rotatable bonds is 8. The zero-order valence-corrected chi connectivity index (χ0v) is 16.7. The predicted molar refractivity (Wildman–Crippen MR) is 106 cm³/mol. The van der Waals surface area contributed by atoms with Crippen LogP contribution in [0.4, 0.5) is 0 Å². The van der Waals surface area contributed by atoms with Crippen LogP contribution in [0, 0.1) is 5.92 Å². The lowest BCUT2D eigenvalue weighted by molar-refractivity contribution is -0.144. The number of aromatic nitrogens is 2. The summed E-state index contributed by atoms with van der Waals surface area (Å²) < 4.78 is 6.42. The topological polar surface area (TPSA) is 131 Å². The van der Waals surface area contributed by atoms with Crippen molar-refractivity contribution in [1.82, 2.24) is 15.1 Å². The van der Waals surface area contributed by atoms with Gasteiger partial charge in [-0.15, -0.1) is 0 Å². The minimum absolute atomic E-state index is 0.0255. The quantitative estimate of drug-likeness (QED) is 0.588. The first kappa shape index (κ1) is 22.1. The third-order valence-electron chi connectivity index (χ3n) is 4.52. The number of aliphatic carboxylic acids is 1. The summed E-state index contributed by atoms with van der Waals surface area (Å²) in [5.41, 5.74) is 1.26. The van der Waals surface area contributed by atoms with E-state index in [4.69, 9.17) is 4.74 Å². The molecule has 0 aliphatic rings. The van der Waals surface area contributed by atoms with Crippen molar-refractivity contribution in [3.8, 4) is 16.9 Å². The predicted octanol–water partition coefficient (Wildman–Crippen LogP) is 0.585. The van der Waals surface area contributed by atoms with Gasteiger partial charge in [-0.1, -0.05) is 38.1 Å². The summed E-state index contributed by atoms with van der Waals surface area (Å²) in [5.74, 6) is -1.93. The number of hydrogen-bond donors (Lipinski definition) is 3. The largest absolute Gasteiger partial charge is 0.494 e. The summed E-state index contributed by atoms with van der Waals surface area (Å²) in [6.45, 7) is 3.33. The van der Waals surface area contributed by atoms with Gasteiger partial charge < -0.3 is 20.3 Å². The lowest BCUT2D eigenvalue weighted by Gasteiger charge is -2.19. The number of nitrogens with zero attached hydrogens (tertiary/aromatic N) is 2. The highest BCUT2D eigenvalue weighted by molar-refractivity contribution is 5.86. The molecule has 1 unspecified atom stereocenters. The monoisotopic (exact) mass is 403 g/mol. The van der Waals surface area contributed by atoms with E-state index < -0.39 is 24.0 Å². The molecule has 0 aliphatic carbocycles. The highest BCUT2D eigenvalue weighted by Gasteiger charge is 2.26. The minimum atomic E-state index is -1.28. The molecule has 3 N–H and O–H groups in total. The number of benzene rings is 1. The van der Waals surface area contributed by atoms with Crippen molar-refractivity contribution in [2.45, 2.75) is 32.4 Å². The molecule has 0 bridgehead atoms. The summed E-state index contributed by atoms with van der Waals surface area (Å²) in [4.78, 5) is 35.9. The first-order chi connectivity index (χ1) is 13.6. The first-order valence-electron chi connectivity index (χ1n) is 9.06. The van der Waals surface area contributed by atoms with Gasteiger partial charge in [-0.25, -0.2) is 9.48 Å². The van der Waals surface area contributed by atoms with Crippen LogP contribution in [0.15, 0.2) is 35.3 Å². The fraction of sp³-hybridized carbons (Fsp3) is 0.400. The molecule has 1 aromatic heterocycles. The normalized spacial score (nSPS) is 13.0. The van der Waals surface area contributed by atoms with Crippen molar-refractivity contribution in [3.05, 3.63) is 46.4 Å². The second kappa shape index (κ2) is 9.33. The van der Waals surface area contributed by atoms with Crippen LogP contribution in [-0.4, -0.2) is 51.1 Å². The number of carbonyl (C=O) groups is 2. The molecule has 0 spiro atoms. The SMILES string of the molecule is COc1cnn(C)c(=O)c1-c1ccc(C[C@H](NC(=O)C(O)C(C)C)C(=O)O)cc1. The highest BCUT2D eigenvalue weighted by Crippen LogP contribution is 2.25. The van der Waals surface area contributed by atoms with Gasteiger partial charge in [-0.3, -0.25) is 9.59 Å². The van der Waals surface area contributed by atoms with Gasteiger partial charge in [0.05, 0.1) is 18.9 Å². The zero-order chi connectivity index (χ0) is 21.7. The van der Waals surface area contributed by atoms with Gasteiger partial charge in [0.2, 0.25) is 5.91 Å². The lowest BCUT2D eigenvalue weighted by Crippen LogP contribution is -2.47. The average Bonchev–Trinajstić information content (AvgIpc) is 2.69. The molecule has 9 nitrogen and oxygen atoms in total. The fourth-order valence-electron chi connectivity index (χ4n) is 2.75. The van der Waals surface area contributed by atoms with Crippen LogP contribution in [0.5, 0.6) is 5.75 Å². The Labute approximate surface area is 167 Å². The molecule has 2 aromatic rings. The van der Waals surface area contributed by atoms with Gasteiger partial charge in [0.1, 0.15) is 12.1 Å². The number of aliphatic hydroxyl groups is 1. The van der Waals surface area contributed by atoms with Crippen molar-refractivity contribution in [1.29, 1.82) is 0 Å². The highest BCUT2D eigenvalue weighted by atomic mass is 16.5. The van der Waals surface area contributed by atoms with Crippen LogP contribution in [0.25, 0.3) is 11.1 Å². The smallest absolute Gasteiger partial charge is 0.326 e. The summed E-state index contributed by atoms with van der Waals surface area (Å²) in [7, 11) is 2.98. The van der Waals surface area contributed by atoms with Crippen molar-refractivity contribution in [2.24, 2.45) is 13.0 Å². The van der Waals surface area contributed by atoms with E-state index in [1.807, 2.05) is 0 Å².